The second kappa shape index (κ2) is 8.38. The molecule has 0 unspecified atom stereocenters. The van der Waals surface area contributed by atoms with Gasteiger partial charge in [-0.25, -0.2) is 4.79 Å². The Hall–Kier alpha value is -3.02. The van der Waals surface area contributed by atoms with Crippen LogP contribution in [0, 0.1) is 0 Å². The van der Waals surface area contributed by atoms with E-state index < -0.39 is 0 Å². The molecule has 0 saturated carbocycles. The molecule has 0 atom stereocenters. The first-order chi connectivity index (χ1) is 12.7. The number of amidine groups is 1. The monoisotopic (exact) mass is 353 g/mol. The summed E-state index contributed by atoms with van der Waals surface area (Å²) < 4.78 is 10.7. The average molecular weight is 353 g/mol. The van der Waals surface area contributed by atoms with Crippen molar-refractivity contribution in [3.63, 3.8) is 0 Å². The molecule has 2 aromatic carbocycles. The van der Waals surface area contributed by atoms with Crippen molar-refractivity contribution in [3.05, 3.63) is 48.5 Å². The fraction of sp³-hybridized carbons (Fsp3) is 0.300. The molecular formula is C20H23N3O3. The van der Waals surface area contributed by atoms with E-state index in [9.17, 15) is 4.79 Å². The number of carbonyl (C=O) groups excluding carboxylic acids is 1. The van der Waals surface area contributed by atoms with Crippen LogP contribution in [-0.4, -0.2) is 32.1 Å². The Morgan fingerprint density at radius 3 is 2.65 bits per heavy atom. The summed E-state index contributed by atoms with van der Waals surface area (Å²) in [6.45, 7) is 3.29. The Balaban J connectivity index is 1.84. The van der Waals surface area contributed by atoms with Crippen LogP contribution < -0.4 is 19.7 Å². The van der Waals surface area contributed by atoms with Gasteiger partial charge in [0.1, 0.15) is 17.3 Å². The summed E-state index contributed by atoms with van der Waals surface area (Å²) in [4.78, 5) is 19.1. The van der Waals surface area contributed by atoms with Crippen LogP contribution in [0.25, 0.3) is 0 Å². The first-order valence-electron chi connectivity index (χ1n) is 8.72. The van der Waals surface area contributed by atoms with E-state index in [2.05, 4.69) is 10.3 Å². The minimum Gasteiger partial charge on any atom is -0.497 e. The normalized spacial score (nSPS) is 13.1. The number of aliphatic imine (C=N–C) groups is 1. The molecule has 1 aliphatic rings. The van der Waals surface area contributed by atoms with E-state index in [0.717, 1.165) is 36.7 Å². The molecule has 3 rings (SSSR count). The SMILES string of the molecule is CCOc1ccc(N(C(=O)Nc2cccc(OC)c2)C2=NCCC2)cc1. The molecule has 2 amide bonds. The van der Waals surface area contributed by atoms with Gasteiger partial charge in [-0.05, 0) is 49.7 Å². The molecule has 0 bridgehead atoms. The van der Waals surface area contributed by atoms with Gasteiger partial charge in [-0.1, -0.05) is 6.07 Å². The number of anilines is 2. The molecule has 0 aromatic heterocycles. The third-order valence-electron chi connectivity index (χ3n) is 4.04. The van der Waals surface area contributed by atoms with Crippen molar-refractivity contribution in [2.24, 2.45) is 4.99 Å². The molecule has 6 nitrogen and oxygen atoms in total. The second-order valence-corrected chi connectivity index (χ2v) is 5.83. The standard InChI is InChI=1S/C20H23N3O3/c1-3-26-17-11-9-16(10-12-17)23(19-8-5-13-21-19)20(24)22-15-6-4-7-18(14-15)25-2/h4,6-7,9-12,14H,3,5,8,13H2,1-2H3,(H,22,24). The third-order valence-corrected chi connectivity index (χ3v) is 4.04. The molecule has 1 heterocycles. The van der Waals surface area contributed by atoms with Gasteiger partial charge >= 0.3 is 6.03 Å². The van der Waals surface area contributed by atoms with Crippen LogP contribution in [0.2, 0.25) is 0 Å². The Bertz CT molecular complexity index is 787. The van der Waals surface area contributed by atoms with E-state index in [-0.39, 0.29) is 6.03 Å². The van der Waals surface area contributed by atoms with Crippen LogP contribution in [0.15, 0.2) is 53.5 Å². The number of nitrogens with zero attached hydrogens (tertiary/aromatic N) is 2. The van der Waals surface area contributed by atoms with Crippen molar-refractivity contribution in [2.75, 3.05) is 30.5 Å². The highest BCUT2D eigenvalue weighted by molar-refractivity contribution is 6.20. The number of hydrogen-bond donors (Lipinski definition) is 1. The van der Waals surface area contributed by atoms with Crippen molar-refractivity contribution in [2.45, 2.75) is 19.8 Å². The molecule has 0 spiro atoms. The number of nitrogens with one attached hydrogen (secondary N) is 1. The largest absolute Gasteiger partial charge is 0.497 e. The lowest BCUT2D eigenvalue weighted by molar-refractivity contribution is 0.259. The summed E-state index contributed by atoms with van der Waals surface area (Å²) in [6, 6.07) is 14.5. The number of rotatable bonds is 5. The predicted octanol–water partition coefficient (Wildman–Crippen LogP) is 4.32. The van der Waals surface area contributed by atoms with Crippen LogP contribution in [0.1, 0.15) is 19.8 Å². The topological polar surface area (TPSA) is 63.2 Å². The third kappa shape index (κ3) is 4.14. The first-order valence-corrected chi connectivity index (χ1v) is 8.72. The second-order valence-electron chi connectivity index (χ2n) is 5.83. The Morgan fingerprint density at radius 1 is 1.19 bits per heavy atom. The van der Waals surface area contributed by atoms with E-state index in [1.54, 1.807) is 18.1 Å². The van der Waals surface area contributed by atoms with E-state index in [1.807, 2.05) is 49.4 Å². The lowest BCUT2D eigenvalue weighted by atomic mass is 10.2. The van der Waals surface area contributed by atoms with E-state index >= 15 is 0 Å². The summed E-state index contributed by atoms with van der Waals surface area (Å²) in [5.74, 6) is 2.24. The van der Waals surface area contributed by atoms with E-state index in [4.69, 9.17) is 9.47 Å². The van der Waals surface area contributed by atoms with Crippen molar-refractivity contribution in [1.82, 2.24) is 0 Å². The van der Waals surface area contributed by atoms with Gasteiger partial charge in [0.15, 0.2) is 0 Å². The fourth-order valence-electron chi connectivity index (χ4n) is 2.83. The summed E-state index contributed by atoms with van der Waals surface area (Å²) in [5, 5.41) is 2.93. The zero-order valence-corrected chi connectivity index (χ0v) is 15.1. The predicted molar refractivity (Wildman–Crippen MR) is 104 cm³/mol. The maximum atomic E-state index is 13.0. The molecule has 2 aromatic rings. The number of amides is 2. The van der Waals surface area contributed by atoms with Gasteiger partial charge in [0.05, 0.1) is 19.4 Å². The smallest absolute Gasteiger partial charge is 0.331 e. The molecule has 1 aliphatic heterocycles. The number of carbonyl (C=O) groups is 1. The molecule has 6 heteroatoms. The number of hydrogen-bond acceptors (Lipinski definition) is 4. The maximum Gasteiger partial charge on any atom is 0.331 e. The fourth-order valence-corrected chi connectivity index (χ4v) is 2.83. The summed E-state index contributed by atoms with van der Waals surface area (Å²) in [6.07, 6.45) is 1.73. The molecule has 0 saturated heterocycles. The average Bonchev–Trinajstić information content (AvgIpc) is 3.18. The zero-order valence-electron chi connectivity index (χ0n) is 15.1. The number of urea groups is 1. The summed E-state index contributed by atoms with van der Waals surface area (Å²) in [5.41, 5.74) is 1.43. The van der Waals surface area contributed by atoms with Gasteiger partial charge in [0.25, 0.3) is 0 Å². The molecule has 136 valence electrons. The van der Waals surface area contributed by atoms with Crippen LogP contribution in [0.3, 0.4) is 0 Å². The number of benzene rings is 2. The molecule has 0 fully saturated rings. The maximum absolute atomic E-state index is 13.0. The highest BCUT2D eigenvalue weighted by Crippen LogP contribution is 2.24. The Labute approximate surface area is 153 Å². The quantitative estimate of drug-likeness (QED) is 0.870. The van der Waals surface area contributed by atoms with Crippen molar-refractivity contribution in [3.8, 4) is 11.5 Å². The highest BCUT2D eigenvalue weighted by atomic mass is 16.5. The summed E-state index contributed by atoms with van der Waals surface area (Å²) in [7, 11) is 1.60. The van der Waals surface area contributed by atoms with Gasteiger partial charge in [0, 0.05) is 24.7 Å². The van der Waals surface area contributed by atoms with Gasteiger partial charge in [-0.2, -0.15) is 0 Å². The van der Waals surface area contributed by atoms with Crippen molar-refractivity contribution >= 4 is 23.2 Å². The van der Waals surface area contributed by atoms with E-state index in [0.29, 0.717) is 18.0 Å². The highest BCUT2D eigenvalue weighted by Gasteiger charge is 2.24. The number of methoxy groups -OCH3 is 1. The molecular weight excluding hydrogens is 330 g/mol. The molecule has 26 heavy (non-hydrogen) atoms. The first kappa shape index (κ1) is 17.8. The van der Waals surface area contributed by atoms with Gasteiger partial charge in [-0.15, -0.1) is 0 Å². The van der Waals surface area contributed by atoms with Gasteiger partial charge in [-0.3, -0.25) is 9.89 Å². The molecule has 0 aliphatic carbocycles. The lowest BCUT2D eigenvalue weighted by Crippen LogP contribution is -2.39. The van der Waals surface area contributed by atoms with Gasteiger partial charge in [0.2, 0.25) is 0 Å². The van der Waals surface area contributed by atoms with Crippen LogP contribution in [0.4, 0.5) is 16.2 Å². The van der Waals surface area contributed by atoms with Crippen molar-refractivity contribution < 1.29 is 14.3 Å². The number of ether oxygens (including phenoxy) is 2. The molecule has 1 N–H and O–H groups in total. The lowest BCUT2D eigenvalue weighted by Gasteiger charge is -2.23. The van der Waals surface area contributed by atoms with Crippen molar-refractivity contribution in [1.29, 1.82) is 0 Å². The van der Waals surface area contributed by atoms with Gasteiger partial charge < -0.3 is 14.8 Å². The Kier molecular flexibility index (Phi) is 5.73. The van der Waals surface area contributed by atoms with E-state index in [1.165, 1.54) is 0 Å². The zero-order chi connectivity index (χ0) is 18.4. The van der Waals surface area contributed by atoms with Crippen LogP contribution in [-0.2, 0) is 0 Å². The Morgan fingerprint density at radius 2 is 2.00 bits per heavy atom. The summed E-state index contributed by atoms with van der Waals surface area (Å²) >= 11 is 0. The van der Waals surface area contributed by atoms with Crippen LogP contribution in [0.5, 0.6) is 11.5 Å². The minimum atomic E-state index is -0.247. The molecule has 0 radical (unpaired) electrons. The van der Waals surface area contributed by atoms with Crippen LogP contribution >= 0.6 is 0 Å². The minimum absolute atomic E-state index is 0.247.